The van der Waals surface area contributed by atoms with Crippen molar-refractivity contribution < 1.29 is 9.53 Å². The molecule has 1 aliphatic heterocycles. The molecule has 0 aliphatic carbocycles. The quantitative estimate of drug-likeness (QED) is 0.772. The Morgan fingerprint density at radius 1 is 1.37 bits per heavy atom. The first-order valence-electron chi connectivity index (χ1n) is 5.86. The lowest BCUT2D eigenvalue weighted by molar-refractivity contribution is 0.0971. The van der Waals surface area contributed by atoms with E-state index >= 15 is 0 Å². The van der Waals surface area contributed by atoms with Gasteiger partial charge in [0.05, 0.1) is 24.1 Å². The molecule has 2 aromatic rings. The Hall–Kier alpha value is -2.63. The van der Waals surface area contributed by atoms with Gasteiger partial charge in [-0.25, -0.2) is 4.98 Å². The molecule has 2 heterocycles. The Morgan fingerprint density at radius 3 is 3.05 bits per heavy atom. The van der Waals surface area contributed by atoms with Gasteiger partial charge < -0.3 is 10.5 Å². The van der Waals surface area contributed by atoms with Crippen LogP contribution in [0.5, 0.6) is 5.75 Å². The molecule has 0 atom stereocenters. The van der Waals surface area contributed by atoms with Gasteiger partial charge in [-0.1, -0.05) is 6.07 Å². The molecule has 0 saturated carbocycles. The maximum absolute atomic E-state index is 12.4. The van der Waals surface area contributed by atoms with Gasteiger partial charge in [-0.15, -0.1) is 0 Å². The topological polar surface area (TPSA) is 81.3 Å². The minimum absolute atomic E-state index is 0.205. The van der Waals surface area contributed by atoms with Crippen LogP contribution >= 0.6 is 0 Å². The average Bonchev–Trinajstić information content (AvgIpc) is 2.47. The summed E-state index contributed by atoms with van der Waals surface area (Å²) < 4.78 is 5.52. The second-order valence-corrected chi connectivity index (χ2v) is 4.09. The number of amides is 1. The van der Waals surface area contributed by atoms with E-state index in [4.69, 9.17) is 10.5 Å². The third-order valence-electron chi connectivity index (χ3n) is 2.90. The molecule has 96 valence electrons. The van der Waals surface area contributed by atoms with E-state index in [-0.39, 0.29) is 5.91 Å². The maximum Gasteiger partial charge on any atom is 0.278 e. The summed E-state index contributed by atoms with van der Waals surface area (Å²) in [6.45, 7) is 0.874. The number of nitrogens with zero attached hydrogens (tertiary/aromatic N) is 3. The predicted molar refractivity (Wildman–Crippen MR) is 70.1 cm³/mol. The molecule has 0 bridgehead atoms. The number of benzene rings is 1. The van der Waals surface area contributed by atoms with Crippen LogP contribution in [0.4, 0.5) is 11.4 Å². The second-order valence-electron chi connectivity index (χ2n) is 4.09. The molecule has 1 amide bonds. The van der Waals surface area contributed by atoms with Crippen molar-refractivity contribution in [1.29, 1.82) is 0 Å². The number of fused-ring (bicyclic) bond motifs is 1. The van der Waals surface area contributed by atoms with Gasteiger partial charge in [-0.05, 0) is 12.1 Å². The van der Waals surface area contributed by atoms with Gasteiger partial charge in [-0.3, -0.25) is 14.7 Å². The van der Waals surface area contributed by atoms with E-state index in [1.54, 1.807) is 23.1 Å². The number of hydrogen-bond donors (Lipinski definition) is 1. The summed E-state index contributed by atoms with van der Waals surface area (Å²) in [6, 6.07) is 5.34. The SMILES string of the molecule is Nc1cccc2c1OCCN2C(=O)c1cnccn1. The lowest BCUT2D eigenvalue weighted by atomic mass is 10.2. The predicted octanol–water partition coefficient (Wildman–Crippen LogP) is 1.10. The standard InChI is InChI=1S/C13H12N4O2/c14-9-2-1-3-11-12(9)19-7-6-17(11)13(18)10-8-15-4-5-16-10/h1-5,8H,6-7,14H2. The highest BCUT2D eigenvalue weighted by atomic mass is 16.5. The zero-order chi connectivity index (χ0) is 13.2. The van der Waals surface area contributed by atoms with Gasteiger partial charge in [0.1, 0.15) is 12.3 Å². The van der Waals surface area contributed by atoms with Gasteiger partial charge in [0, 0.05) is 12.4 Å². The van der Waals surface area contributed by atoms with Crippen molar-refractivity contribution in [2.75, 3.05) is 23.8 Å². The summed E-state index contributed by atoms with van der Waals surface area (Å²) in [6.07, 6.45) is 4.47. The normalized spacial score (nSPS) is 13.6. The third kappa shape index (κ3) is 1.97. The maximum atomic E-state index is 12.4. The molecule has 0 fully saturated rings. The summed E-state index contributed by atoms with van der Waals surface area (Å²) in [5, 5.41) is 0. The van der Waals surface area contributed by atoms with Crippen molar-refractivity contribution in [3.63, 3.8) is 0 Å². The van der Waals surface area contributed by atoms with E-state index in [1.165, 1.54) is 18.6 Å². The van der Waals surface area contributed by atoms with Crippen molar-refractivity contribution in [3.8, 4) is 5.75 Å². The fourth-order valence-corrected chi connectivity index (χ4v) is 2.03. The Kier molecular flexibility index (Phi) is 2.75. The number of nitrogen functional groups attached to an aromatic ring is 1. The van der Waals surface area contributed by atoms with Crippen LogP contribution in [0.25, 0.3) is 0 Å². The van der Waals surface area contributed by atoms with E-state index in [1.807, 2.05) is 0 Å². The zero-order valence-electron chi connectivity index (χ0n) is 10.1. The summed E-state index contributed by atoms with van der Waals surface area (Å²) in [5.74, 6) is 0.342. The number of carbonyl (C=O) groups excluding carboxylic acids is 1. The zero-order valence-corrected chi connectivity index (χ0v) is 10.1. The fourth-order valence-electron chi connectivity index (χ4n) is 2.03. The van der Waals surface area contributed by atoms with Crippen LogP contribution < -0.4 is 15.4 Å². The average molecular weight is 256 g/mol. The molecule has 6 nitrogen and oxygen atoms in total. The number of rotatable bonds is 1. The lowest BCUT2D eigenvalue weighted by Gasteiger charge is -2.29. The van der Waals surface area contributed by atoms with Crippen LogP contribution in [0.3, 0.4) is 0 Å². The summed E-state index contributed by atoms with van der Waals surface area (Å²) in [7, 11) is 0. The van der Waals surface area contributed by atoms with Crippen molar-refractivity contribution in [3.05, 3.63) is 42.5 Å². The number of carbonyl (C=O) groups is 1. The van der Waals surface area contributed by atoms with E-state index in [0.29, 0.717) is 36.0 Å². The monoisotopic (exact) mass is 256 g/mol. The number of aromatic nitrogens is 2. The third-order valence-corrected chi connectivity index (χ3v) is 2.90. The Balaban J connectivity index is 2.01. The van der Waals surface area contributed by atoms with Crippen LogP contribution in [-0.2, 0) is 0 Å². The second kappa shape index (κ2) is 4.56. The molecule has 0 unspecified atom stereocenters. The van der Waals surface area contributed by atoms with Gasteiger partial charge in [0.25, 0.3) is 5.91 Å². The molecule has 6 heteroatoms. The van der Waals surface area contributed by atoms with Crippen LogP contribution in [-0.4, -0.2) is 29.0 Å². The Labute approximate surface area is 109 Å². The molecule has 3 rings (SSSR count). The van der Waals surface area contributed by atoms with Crippen LogP contribution in [0.1, 0.15) is 10.5 Å². The van der Waals surface area contributed by atoms with Crippen LogP contribution in [0.2, 0.25) is 0 Å². The molecule has 0 spiro atoms. The van der Waals surface area contributed by atoms with E-state index < -0.39 is 0 Å². The van der Waals surface area contributed by atoms with E-state index in [2.05, 4.69) is 9.97 Å². The number of nitrogens with two attached hydrogens (primary N) is 1. The largest absolute Gasteiger partial charge is 0.487 e. The van der Waals surface area contributed by atoms with Crippen LogP contribution in [0, 0.1) is 0 Å². The summed E-state index contributed by atoms with van der Waals surface area (Å²) in [5.41, 5.74) is 7.35. The van der Waals surface area contributed by atoms with E-state index in [9.17, 15) is 4.79 Å². The first-order valence-corrected chi connectivity index (χ1v) is 5.86. The lowest BCUT2D eigenvalue weighted by Crippen LogP contribution is -2.38. The highest BCUT2D eigenvalue weighted by Crippen LogP contribution is 2.36. The van der Waals surface area contributed by atoms with Crippen molar-refractivity contribution in [2.24, 2.45) is 0 Å². The number of para-hydroxylation sites is 1. The Bertz CT molecular complexity index is 615. The highest BCUT2D eigenvalue weighted by molar-refractivity contribution is 6.06. The molecular formula is C13H12N4O2. The molecule has 1 aromatic carbocycles. The minimum atomic E-state index is -0.205. The van der Waals surface area contributed by atoms with Gasteiger partial charge in [-0.2, -0.15) is 0 Å². The molecule has 0 saturated heterocycles. The molecule has 19 heavy (non-hydrogen) atoms. The van der Waals surface area contributed by atoms with Crippen LogP contribution in [0.15, 0.2) is 36.8 Å². The highest BCUT2D eigenvalue weighted by Gasteiger charge is 2.26. The van der Waals surface area contributed by atoms with Crippen molar-refractivity contribution in [2.45, 2.75) is 0 Å². The number of ether oxygens (including phenoxy) is 1. The first-order chi connectivity index (χ1) is 9.27. The number of hydrogen-bond acceptors (Lipinski definition) is 5. The van der Waals surface area contributed by atoms with Gasteiger partial charge in [0.2, 0.25) is 0 Å². The molecule has 1 aromatic heterocycles. The summed E-state index contributed by atoms with van der Waals surface area (Å²) >= 11 is 0. The molecule has 0 radical (unpaired) electrons. The first kappa shape index (κ1) is 11.5. The minimum Gasteiger partial charge on any atom is -0.487 e. The van der Waals surface area contributed by atoms with Gasteiger partial charge >= 0.3 is 0 Å². The smallest absolute Gasteiger partial charge is 0.278 e. The summed E-state index contributed by atoms with van der Waals surface area (Å²) in [4.78, 5) is 21.9. The Morgan fingerprint density at radius 2 is 2.26 bits per heavy atom. The molecular weight excluding hydrogens is 244 g/mol. The van der Waals surface area contributed by atoms with Gasteiger partial charge in [0.15, 0.2) is 5.75 Å². The fraction of sp³-hybridized carbons (Fsp3) is 0.154. The molecule has 1 aliphatic rings. The number of anilines is 2. The van der Waals surface area contributed by atoms with Crippen molar-refractivity contribution >= 4 is 17.3 Å². The van der Waals surface area contributed by atoms with E-state index in [0.717, 1.165) is 0 Å². The van der Waals surface area contributed by atoms with Crippen molar-refractivity contribution in [1.82, 2.24) is 9.97 Å². The molecule has 2 N–H and O–H groups in total.